The van der Waals surface area contributed by atoms with Crippen LogP contribution in [0.2, 0.25) is 0 Å². The fourth-order valence-electron chi connectivity index (χ4n) is 2.33. The Kier molecular flexibility index (Phi) is 3.37. The van der Waals surface area contributed by atoms with Gasteiger partial charge in [-0.2, -0.15) is 0 Å². The van der Waals surface area contributed by atoms with Gasteiger partial charge in [0, 0.05) is 45.5 Å². The largest absolute Gasteiger partial charge is 0.353 e. The van der Waals surface area contributed by atoms with Gasteiger partial charge in [0.1, 0.15) is 11.6 Å². The molecule has 0 radical (unpaired) electrons. The first-order valence-corrected chi connectivity index (χ1v) is 6.67. The van der Waals surface area contributed by atoms with Gasteiger partial charge in [-0.25, -0.2) is 9.97 Å². The van der Waals surface area contributed by atoms with Crippen LogP contribution in [0.5, 0.6) is 0 Å². The van der Waals surface area contributed by atoms with Gasteiger partial charge in [0.05, 0.1) is 6.33 Å². The Morgan fingerprint density at radius 2 is 1.70 bits per heavy atom. The average molecular weight is 271 g/mol. The summed E-state index contributed by atoms with van der Waals surface area (Å²) in [6, 6.07) is 7.53. The molecule has 2 aromatic rings. The van der Waals surface area contributed by atoms with Crippen LogP contribution in [-0.2, 0) is 7.05 Å². The molecule has 0 atom stereocenters. The second kappa shape index (κ2) is 5.32. The first-order chi connectivity index (χ1) is 9.74. The Bertz CT molecular complexity index is 632. The molecule has 6 nitrogen and oxygen atoms in total. The number of anilines is 2. The van der Waals surface area contributed by atoms with Gasteiger partial charge >= 0.3 is 0 Å². The maximum atomic E-state index is 11.6. The van der Waals surface area contributed by atoms with Crippen LogP contribution >= 0.6 is 0 Å². The third kappa shape index (κ3) is 2.49. The summed E-state index contributed by atoms with van der Waals surface area (Å²) in [7, 11) is 1.71. The maximum absolute atomic E-state index is 11.6. The Morgan fingerprint density at radius 1 is 1.00 bits per heavy atom. The van der Waals surface area contributed by atoms with Gasteiger partial charge in [-0.15, -0.1) is 0 Å². The molecule has 1 aliphatic heterocycles. The van der Waals surface area contributed by atoms with Crippen LogP contribution in [0.4, 0.5) is 11.6 Å². The molecule has 1 aliphatic rings. The predicted molar refractivity (Wildman–Crippen MR) is 78.1 cm³/mol. The fourth-order valence-corrected chi connectivity index (χ4v) is 2.33. The lowest BCUT2D eigenvalue weighted by Gasteiger charge is -2.35. The molecule has 1 fully saturated rings. The van der Waals surface area contributed by atoms with Crippen molar-refractivity contribution in [2.24, 2.45) is 7.05 Å². The monoisotopic (exact) mass is 271 g/mol. The van der Waals surface area contributed by atoms with Crippen LogP contribution in [0, 0.1) is 0 Å². The minimum absolute atomic E-state index is 0.0258. The third-order valence-electron chi connectivity index (χ3n) is 3.54. The molecule has 20 heavy (non-hydrogen) atoms. The first kappa shape index (κ1) is 12.7. The number of nitrogens with zero attached hydrogens (tertiary/aromatic N) is 5. The normalized spacial score (nSPS) is 15.4. The summed E-state index contributed by atoms with van der Waals surface area (Å²) in [6.45, 7) is 3.45. The molecule has 104 valence electrons. The highest BCUT2D eigenvalue weighted by molar-refractivity contribution is 5.43. The highest BCUT2D eigenvalue weighted by Gasteiger charge is 2.19. The van der Waals surface area contributed by atoms with Crippen molar-refractivity contribution in [1.29, 1.82) is 0 Å². The molecule has 0 amide bonds. The van der Waals surface area contributed by atoms with E-state index in [0.29, 0.717) is 0 Å². The number of piperazine rings is 1. The number of hydrogen-bond acceptors (Lipinski definition) is 5. The molecule has 0 N–H and O–H groups in total. The third-order valence-corrected chi connectivity index (χ3v) is 3.54. The van der Waals surface area contributed by atoms with E-state index >= 15 is 0 Å². The van der Waals surface area contributed by atoms with Gasteiger partial charge in [-0.3, -0.25) is 4.79 Å². The molecule has 3 rings (SSSR count). The van der Waals surface area contributed by atoms with E-state index in [0.717, 1.165) is 37.8 Å². The van der Waals surface area contributed by atoms with Crippen LogP contribution in [-0.4, -0.2) is 40.7 Å². The van der Waals surface area contributed by atoms with Crippen LogP contribution in [0.3, 0.4) is 0 Å². The summed E-state index contributed by atoms with van der Waals surface area (Å²) in [6.07, 6.45) is 3.38. The fraction of sp³-hybridized carbons (Fsp3) is 0.357. The van der Waals surface area contributed by atoms with Gasteiger partial charge in [-0.05, 0) is 12.1 Å². The summed E-state index contributed by atoms with van der Waals surface area (Å²) < 4.78 is 1.48. The number of hydrogen-bond donors (Lipinski definition) is 0. The molecule has 3 heterocycles. The molecule has 0 unspecified atom stereocenters. The first-order valence-electron chi connectivity index (χ1n) is 6.67. The molecule has 0 aromatic carbocycles. The Labute approximate surface area is 117 Å². The van der Waals surface area contributed by atoms with Gasteiger partial charge in [-0.1, -0.05) is 6.07 Å². The highest BCUT2D eigenvalue weighted by Crippen LogP contribution is 2.15. The lowest BCUT2D eigenvalue weighted by atomic mass is 10.3. The van der Waals surface area contributed by atoms with E-state index < -0.39 is 0 Å². The molecule has 6 heteroatoms. The van der Waals surface area contributed by atoms with Crippen molar-refractivity contribution in [1.82, 2.24) is 14.5 Å². The Balaban J connectivity index is 1.69. The summed E-state index contributed by atoms with van der Waals surface area (Å²) >= 11 is 0. The number of aromatic nitrogens is 3. The van der Waals surface area contributed by atoms with E-state index in [1.807, 2.05) is 24.4 Å². The van der Waals surface area contributed by atoms with E-state index in [-0.39, 0.29) is 5.56 Å². The topological polar surface area (TPSA) is 54.3 Å². The summed E-state index contributed by atoms with van der Waals surface area (Å²) in [5, 5.41) is 0. The minimum Gasteiger partial charge on any atom is -0.353 e. The summed E-state index contributed by atoms with van der Waals surface area (Å²) in [5.41, 5.74) is -0.0258. The zero-order chi connectivity index (χ0) is 13.9. The second-order valence-corrected chi connectivity index (χ2v) is 4.86. The molecule has 2 aromatic heterocycles. The summed E-state index contributed by atoms with van der Waals surface area (Å²) in [4.78, 5) is 24.7. The number of aryl methyl sites for hydroxylation is 1. The van der Waals surface area contributed by atoms with Crippen molar-refractivity contribution in [3.63, 3.8) is 0 Å². The van der Waals surface area contributed by atoms with E-state index in [9.17, 15) is 4.79 Å². The molecule has 0 spiro atoms. The van der Waals surface area contributed by atoms with Crippen molar-refractivity contribution in [2.75, 3.05) is 36.0 Å². The smallest absolute Gasteiger partial charge is 0.255 e. The number of rotatable bonds is 2. The van der Waals surface area contributed by atoms with Crippen molar-refractivity contribution < 1.29 is 0 Å². The molecule has 0 saturated carbocycles. The van der Waals surface area contributed by atoms with Crippen molar-refractivity contribution >= 4 is 11.6 Å². The lowest BCUT2D eigenvalue weighted by molar-refractivity contribution is 0.638. The van der Waals surface area contributed by atoms with E-state index in [1.165, 1.54) is 4.57 Å². The average Bonchev–Trinajstić information content (AvgIpc) is 2.51. The zero-order valence-electron chi connectivity index (χ0n) is 11.4. The van der Waals surface area contributed by atoms with Crippen LogP contribution < -0.4 is 15.4 Å². The van der Waals surface area contributed by atoms with E-state index in [1.54, 1.807) is 19.4 Å². The van der Waals surface area contributed by atoms with Gasteiger partial charge in [0.25, 0.3) is 5.56 Å². The molecule has 1 saturated heterocycles. The standard InChI is InChI=1S/C14H17N5O/c1-17-11-16-13(10-14(17)20)19-8-6-18(7-9-19)12-4-2-3-5-15-12/h2-5,10-11H,6-9H2,1H3. The molecular formula is C14H17N5O. The van der Waals surface area contributed by atoms with Gasteiger partial charge in [0.2, 0.25) is 0 Å². The quantitative estimate of drug-likeness (QED) is 0.796. The molecular weight excluding hydrogens is 254 g/mol. The van der Waals surface area contributed by atoms with Crippen molar-refractivity contribution in [2.45, 2.75) is 0 Å². The predicted octanol–water partition coefficient (Wildman–Crippen LogP) is 0.502. The molecule has 0 bridgehead atoms. The van der Waals surface area contributed by atoms with Crippen LogP contribution in [0.1, 0.15) is 0 Å². The minimum atomic E-state index is -0.0258. The van der Waals surface area contributed by atoms with E-state index in [4.69, 9.17) is 0 Å². The Morgan fingerprint density at radius 3 is 2.30 bits per heavy atom. The van der Waals surface area contributed by atoms with Crippen molar-refractivity contribution in [3.05, 3.63) is 47.1 Å². The zero-order valence-corrected chi connectivity index (χ0v) is 11.4. The number of pyridine rings is 1. The molecule has 0 aliphatic carbocycles. The van der Waals surface area contributed by atoms with Crippen molar-refractivity contribution in [3.8, 4) is 0 Å². The second-order valence-electron chi connectivity index (χ2n) is 4.86. The van der Waals surface area contributed by atoms with Gasteiger partial charge < -0.3 is 14.4 Å². The Hall–Kier alpha value is -2.37. The highest BCUT2D eigenvalue weighted by atomic mass is 16.1. The summed E-state index contributed by atoms with van der Waals surface area (Å²) in [5.74, 6) is 1.76. The SMILES string of the molecule is Cn1cnc(N2CCN(c3ccccn3)CC2)cc1=O. The van der Waals surface area contributed by atoms with Gasteiger partial charge in [0.15, 0.2) is 0 Å². The maximum Gasteiger partial charge on any atom is 0.255 e. The van der Waals surface area contributed by atoms with Crippen LogP contribution in [0.25, 0.3) is 0 Å². The lowest BCUT2D eigenvalue weighted by Crippen LogP contribution is -2.47. The van der Waals surface area contributed by atoms with E-state index in [2.05, 4.69) is 19.8 Å². The van der Waals surface area contributed by atoms with Crippen LogP contribution in [0.15, 0.2) is 41.6 Å².